The lowest BCUT2D eigenvalue weighted by Crippen LogP contribution is -2.57. The smallest absolute Gasteiger partial charge is 0.411 e. The summed E-state index contributed by atoms with van der Waals surface area (Å²) in [5, 5.41) is 0. The number of amides is 1. The molecule has 1 aliphatic heterocycles. The Labute approximate surface area is 143 Å². The minimum atomic E-state index is -0.929. The van der Waals surface area contributed by atoms with E-state index in [9.17, 15) is 9.59 Å². The molecule has 0 aromatic heterocycles. The van der Waals surface area contributed by atoms with Crippen molar-refractivity contribution in [3.05, 3.63) is 0 Å². The van der Waals surface area contributed by atoms with E-state index in [2.05, 4.69) is 0 Å². The lowest BCUT2D eigenvalue weighted by atomic mass is 9.87. The lowest BCUT2D eigenvalue weighted by Gasteiger charge is -2.39. The minimum absolute atomic E-state index is 0.0688. The number of esters is 1. The molecule has 1 saturated heterocycles. The number of halogens is 1. The Hall–Kier alpha value is -0.970. The van der Waals surface area contributed by atoms with Gasteiger partial charge in [0.15, 0.2) is 0 Å². The van der Waals surface area contributed by atoms with Crippen LogP contribution in [0.3, 0.4) is 0 Å². The van der Waals surface area contributed by atoms with Crippen molar-refractivity contribution in [3.8, 4) is 0 Å². The van der Waals surface area contributed by atoms with E-state index in [4.69, 9.17) is 21.1 Å². The normalized spacial score (nSPS) is 30.2. The van der Waals surface area contributed by atoms with Crippen LogP contribution in [0.2, 0.25) is 0 Å². The van der Waals surface area contributed by atoms with Gasteiger partial charge in [0.1, 0.15) is 11.1 Å². The van der Waals surface area contributed by atoms with Gasteiger partial charge in [-0.25, -0.2) is 9.59 Å². The second-order valence-electron chi connectivity index (χ2n) is 7.63. The number of carbonyl (C=O) groups excluding carboxylic acids is 2. The molecule has 1 saturated carbocycles. The van der Waals surface area contributed by atoms with Gasteiger partial charge in [0.25, 0.3) is 0 Å². The molecule has 2 rings (SSSR count). The Bertz CT molecular complexity index is 462. The Morgan fingerprint density at radius 1 is 1.30 bits per heavy atom. The summed E-state index contributed by atoms with van der Waals surface area (Å²) in [5.74, 6) is 0.454. The third-order valence-corrected chi connectivity index (χ3v) is 5.16. The SMILES string of the molecule is COC(=O)[C@]1(CCCCl)C[C@H]2CCC[C@H]2N1C(=O)OC(C)(C)C. The van der Waals surface area contributed by atoms with Gasteiger partial charge in [0.2, 0.25) is 0 Å². The van der Waals surface area contributed by atoms with Crippen molar-refractivity contribution >= 4 is 23.7 Å². The molecule has 132 valence electrons. The second-order valence-corrected chi connectivity index (χ2v) is 8.01. The predicted octanol–water partition coefficient (Wildman–Crippen LogP) is 3.73. The number of nitrogens with zero attached hydrogens (tertiary/aromatic N) is 1. The van der Waals surface area contributed by atoms with Gasteiger partial charge in [-0.15, -0.1) is 11.6 Å². The maximum atomic E-state index is 12.9. The van der Waals surface area contributed by atoms with Gasteiger partial charge >= 0.3 is 12.1 Å². The lowest BCUT2D eigenvalue weighted by molar-refractivity contribution is -0.154. The number of methoxy groups -OCH3 is 1. The Morgan fingerprint density at radius 2 is 2.00 bits per heavy atom. The molecule has 0 aromatic rings. The van der Waals surface area contributed by atoms with Gasteiger partial charge in [0.05, 0.1) is 7.11 Å². The van der Waals surface area contributed by atoms with E-state index in [0.717, 1.165) is 19.3 Å². The third kappa shape index (κ3) is 3.59. The van der Waals surface area contributed by atoms with Gasteiger partial charge in [-0.05, 0) is 58.8 Å². The summed E-state index contributed by atoms with van der Waals surface area (Å²) in [6, 6.07) is 0.0688. The zero-order valence-corrected chi connectivity index (χ0v) is 15.3. The van der Waals surface area contributed by atoms with Crippen LogP contribution in [-0.2, 0) is 14.3 Å². The van der Waals surface area contributed by atoms with Crippen LogP contribution in [0, 0.1) is 5.92 Å². The van der Waals surface area contributed by atoms with Crippen LogP contribution < -0.4 is 0 Å². The molecule has 6 heteroatoms. The zero-order chi connectivity index (χ0) is 17.3. The molecule has 1 aliphatic carbocycles. The average molecular weight is 346 g/mol. The fraction of sp³-hybridized carbons (Fsp3) is 0.882. The molecule has 0 aromatic carbocycles. The Kier molecular flexibility index (Phi) is 5.49. The van der Waals surface area contributed by atoms with Crippen molar-refractivity contribution in [3.63, 3.8) is 0 Å². The first kappa shape index (κ1) is 18.4. The molecule has 1 amide bonds. The van der Waals surface area contributed by atoms with E-state index in [1.807, 2.05) is 20.8 Å². The van der Waals surface area contributed by atoms with E-state index < -0.39 is 17.2 Å². The molecule has 0 unspecified atom stereocenters. The quantitative estimate of drug-likeness (QED) is 0.575. The number of rotatable bonds is 4. The van der Waals surface area contributed by atoms with Crippen molar-refractivity contribution in [1.82, 2.24) is 4.90 Å². The van der Waals surface area contributed by atoms with Crippen molar-refractivity contribution in [2.75, 3.05) is 13.0 Å². The monoisotopic (exact) mass is 345 g/mol. The fourth-order valence-corrected chi connectivity index (χ4v) is 4.26. The van der Waals surface area contributed by atoms with E-state index in [0.29, 0.717) is 31.1 Å². The van der Waals surface area contributed by atoms with Crippen molar-refractivity contribution < 1.29 is 19.1 Å². The number of hydrogen-bond acceptors (Lipinski definition) is 4. The number of fused-ring (bicyclic) bond motifs is 1. The molecule has 0 radical (unpaired) electrons. The van der Waals surface area contributed by atoms with Crippen LogP contribution in [0.15, 0.2) is 0 Å². The number of likely N-dealkylation sites (tertiary alicyclic amines) is 1. The maximum Gasteiger partial charge on any atom is 0.411 e. The molecule has 23 heavy (non-hydrogen) atoms. The summed E-state index contributed by atoms with van der Waals surface area (Å²) >= 11 is 5.86. The van der Waals surface area contributed by atoms with Crippen molar-refractivity contribution in [1.29, 1.82) is 0 Å². The number of alkyl halides is 1. The van der Waals surface area contributed by atoms with E-state index in [1.165, 1.54) is 7.11 Å². The maximum absolute atomic E-state index is 12.9. The molecule has 2 aliphatic rings. The number of ether oxygens (including phenoxy) is 2. The highest BCUT2D eigenvalue weighted by Gasteiger charge is 2.60. The molecular formula is C17H28ClNO4. The second kappa shape index (κ2) is 6.88. The molecular weight excluding hydrogens is 318 g/mol. The molecule has 2 fully saturated rings. The summed E-state index contributed by atoms with van der Waals surface area (Å²) in [5.41, 5.74) is -1.52. The van der Waals surface area contributed by atoms with Crippen LogP contribution >= 0.6 is 11.6 Å². The highest BCUT2D eigenvalue weighted by atomic mass is 35.5. The largest absolute Gasteiger partial charge is 0.467 e. The van der Waals surface area contributed by atoms with Gasteiger partial charge in [0, 0.05) is 11.9 Å². The van der Waals surface area contributed by atoms with Crippen LogP contribution in [0.1, 0.15) is 59.3 Å². The van der Waals surface area contributed by atoms with Gasteiger partial charge in [-0.3, -0.25) is 4.90 Å². The van der Waals surface area contributed by atoms with Crippen molar-refractivity contribution in [2.24, 2.45) is 5.92 Å². The Balaban J connectivity index is 2.36. The van der Waals surface area contributed by atoms with Crippen LogP contribution in [0.5, 0.6) is 0 Å². The van der Waals surface area contributed by atoms with E-state index in [-0.39, 0.29) is 12.0 Å². The first-order valence-corrected chi connectivity index (χ1v) is 8.95. The minimum Gasteiger partial charge on any atom is -0.467 e. The zero-order valence-electron chi connectivity index (χ0n) is 14.6. The van der Waals surface area contributed by atoms with Crippen LogP contribution in [-0.4, -0.2) is 47.1 Å². The first-order valence-electron chi connectivity index (χ1n) is 8.42. The number of hydrogen-bond donors (Lipinski definition) is 0. The van der Waals surface area contributed by atoms with E-state index in [1.54, 1.807) is 4.90 Å². The van der Waals surface area contributed by atoms with Gasteiger partial charge in [-0.1, -0.05) is 6.42 Å². The molecule has 0 bridgehead atoms. The van der Waals surface area contributed by atoms with Crippen molar-refractivity contribution in [2.45, 2.75) is 76.5 Å². The number of carbonyl (C=O) groups is 2. The summed E-state index contributed by atoms with van der Waals surface area (Å²) in [7, 11) is 1.38. The summed E-state index contributed by atoms with van der Waals surface area (Å²) in [6.45, 7) is 5.52. The Morgan fingerprint density at radius 3 is 2.57 bits per heavy atom. The van der Waals surface area contributed by atoms with E-state index >= 15 is 0 Å². The fourth-order valence-electron chi connectivity index (χ4n) is 4.12. The molecule has 3 atom stereocenters. The topological polar surface area (TPSA) is 55.8 Å². The highest BCUT2D eigenvalue weighted by molar-refractivity contribution is 6.17. The van der Waals surface area contributed by atoms with Gasteiger partial charge in [-0.2, -0.15) is 0 Å². The summed E-state index contributed by atoms with van der Waals surface area (Å²) < 4.78 is 10.7. The van der Waals surface area contributed by atoms with Crippen LogP contribution in [0.4, 0.5) is 4.79 Å². The average Bonchev–Trinajstić information content (AvgIpc) is 3.00. The highest BCUT2D eigenvalue weighted by Crippen LogP contribution is 2.49. The third-order valence-electron chi connectivity index (χ3n) is 4.89. The molecule has 1 heterocycles. The molecule has 0 spiro atoms. The molecule has 5 nitrogen and oxygen atoms in total. The predicted molar refractivity (Wildman–Crippen MR) is 88.5 cm³/mol. The van der Waals surface area contributed by atoms with Gasteiger partial charge < -0.3 is 9.47 Å². The standard InChI is InChI=1S/C17H28ClNO4/c1-16(2,3)23-15(21)19-13-8-5-7-12(13)11-17(19,9-6-10-18)14(20)22-4/h12-13H,5-11H2,1-4H3/t12-,13-,17+/m1/s1. The summed E-state index contributed by atoms with van der Waals surface area (Å²) in [6.07, 6.45) is 4.48. The molecule has 0 N–H and O–H groups in total. The first-order chi connectivity index (χ1) is 10.7. The van der Waals surface area contributed by atoms with Crippen LogP contribution in [0.25, 0.3) is 0 Å². The summed E-state index contributed by atoms with van der Waals surface area (Å²) in [4.78, 5) is 27.2.